The van der Waals surface area contributed by atoms with E-state index < -0.39 is 5.54 Å². The van der Waals surface area contributed by atoms with Crippen LogP contribution in [0.1, 0.15) is 31.5 Å². The lowest BCUT2D eigenvalue weighted by Crippen LogP contribution is -2.34. The van der Waals surface area contributed by atoms with Crippen molar-refractivity contribution in [1.29, 1.82) is 0 Å². The highest BCUT2D eigenvalue weighted by Crippen LogP contribution is 2.35. The van der Waals surface area contributed by atoms with E-state index in [0.29, 0.717) is 22.4 Å². The van der Waals surface area contributed by atoms with Gasteiger partial charge in [-0.25, -0.2) is 0 Å². The normalized spacial score (nSPS) is 16.2. The second-order valence-corrected chi connectivity index (χ2v) is 7.55. The summed E-state index contributed by atoms with van der Waals surface area (Å²) < 4.78 is 5.33. The summed E-state index contributed by atoms with van der Waals surface area (Å²) in [6.07, 6.45) is 3.94. The molecule has 0 radical (unpaired) electrons. The third kappa shape index (κ3) is 3.40. The van der Waals surface area contributed by atoms with E-state index in [1.165, 1.54) is 11.8 Å². The van der Waals surface area contributed by atoms with Crippen LogP contribution in [0.3, 0.4) is 0 Å². The molecule has 0 atom stereocenters. The Balaban J connectivity index is 1.53. The monoisotopic (exact) mass is 373 g/mol. The van der Waals surface area contributed by atoms with Crippen molar-refractivity contribution < 1.29 is 4.52 Å². The zero-order valence-corrected chi connectivity index (χ0v) is 14.9. The molecule has 1 aliphatic carbocycles. The molecule has 1 aliphatic rings. The summed E-state index contributed by atoms with van der Waals surface area (Å²) in [7, 11) is 0. The molecule has 3 aromatic rings. The number of rotatable bonds is 4. The molecule has 0 saturated heterocycles. The fourth-order valence-electron chi connectivity index (χ4n) is 2.89. The maximum Gasteiger partial charge on any atom is 0.278 e. The molecule has 2 N–H and O–H groups in total. The van der Waals surface area contributed by atoms with Crippen LogP contribution in [0, 0.1) is 0 Å². The van der Waals surface area contributed by atoms with Gasteiger partial charge in [0.05, 0.1) is 10.6 Å². The Labute approximate surface area is 154 Å². The van der Waals surface area contributed by atoms with Crippen molar-refractivity contribution in [1.82, 2.24) is 20.3 Å². The number of nitrogens with two attached hydrogens (primary N) is 1. The highest BCUT2D eigenvalue weighted by atomic mass is 35.5. The molecule has 25 heavy (non-hydrogen) atoms. The minimum atomic E-state index is -0.477. The Morgan fingerprint density at radius 3 is 2.60 bits per heavy atom. The van der Waals surface area contributed by atoms with Crippen LogP contribution in [0.4, 0.5) is 0 Å². The Hall–Kier alpha value is -1.96. The lowest BCUT2D eigenvalue weighted by Gasteiger charge is -2.17. The summed E-state index contributed by atoms with van der Waals surface area (Å²) in [6, 6.07) is 11.3. The number of hydrogen-bond donors (Lipinski definition) is 1. The molecule has 1 aromatic carbocycles. The van der Waals surface area contributed by atoms with Crippen molar-refractivity contribution in [3.05, 3.63) is 47.2 Å². The fourth-order valence-corrected chi connectivity index (χ4v) is 3.89. The summed E-state index contributed by atoms with van der Waals surface area (Å²) >= 11 is 7.62. The number of halogens is 1. The van der Waals surface area contributed by atoms with Crippen molar-refractivity contribution in [3.8, 4) is 11.6 Å². The van der Waals surface area contributed by atoms with Crippen LogP contribution in [0.5, 0.6) is 0 Å². The molecule has 128 valence electrons. The quantitative estimate of drug-likeness (QED) is 0.737. The first-order valence-electron chi connectivity index (χ1n) is 8.04. The van der Waals surface area contributed by atoms with Gasteiger partial charge >= 0.3 is 0 Å². The van der Waals surface area contributed by atoms with E-state index in [-0.39, 0.29) is 0 Å². The first-order chi connectivity index (χ1) is 12.1. The van der Waals surface area contributed by atoms with E-state index in [0.717, 1.165) is 35.6 Å². The van der Waals surface area contributed by atoms with Crippen molar-refractivity contribution in [2.75, 3.05) is 0 Å². The SMILES string of the molecule is NC1(c2noc(-c3ccc(Sc4ccccc4Cl)nn3)n2)CCCC1. The molecule has 2 aromatic heterocycles. The van der Waals surface area contributed by atoms with Crippen molar-refractivity contribution in [3.63, 3.8) is 0 Å². The lowest BCUT2D eigenvalue weighted by molar-refractivity contribution is 0.372. The molecule has 4 rings (SSSR count). The largest absolute Gasteiger partial charge is 0.332 e. The minimum absolute atomic E-state index is 0.341. The summed E-state index contributed by atoms with van der Waals surface area (Å²) in [5, 5.41) is 13.9. The Kier molecular flexibility index (Phi) is 4.45. The zero-order valence-electron chi connectivity index (χ0n) is 13.4. The molecule has 6 nitrogen and oxygen atoms in total. The van der Waals surface area contributed by atoms with Gasteiger partial charge in [0.15, 0.2) is 11.5 Å². The fraction of sp³-hybridized carbons (Fsp3) is 0.294. The topological polar surface area (TPSA) is 90.7 Å². The van der Waals surface area contributed by atoms with Gasteiger partial charge in [-0.1, -0.05) is 53.5 Å². The van der Waals surface area contributed by atoms with Gasteiger partial charge in [-0.2, -0.15) is 4.98 Å². The number of nitrogens with zero attached hydrogens (tertiary/aromatic N) is 4. The smallest absolute Gasteiger partial charge is 0.278 e. The number of aromatic nitrogens is 4. The van der Waals surface area contributed by atoms with E-state index in [9.17, 15) is 0 Å². The highest BCUT2D eigenvalue weighted by molar-refractivity contribution is 7.99. The van der Waals surface area contributed by atoms with Gasteiger partial charge in [-0.15, -0.1) is 10.2 Å². The predicted molar refractivity (Wildman–Crippen MR) is 95.2 cm³/mol. The predicted octanol–water partition coefficient (Wildman–Crippen LogP) is 4.06. The van der Waals surface area contributed by atoms with Gasteiger partial charge in [0.25, 0.3) is 5.89 Å². The van der Waals surface area contributed by atoms with Crippen LogP contribution in [-0.2, 0) is 5.54 Å². The third-order valence-corrected chi connectivity index (χ3v) is 5.72. The molecule has 1 saturated carbocycles. The minimum Gasteiger partial charge on any atom is -0.332 e. The first kappa shape index (κ1) is 16.5. The average Bonchev–Trinajstić information content (AvgIpc) is 3.28. The van der Waals surface area contributed by atoms with Gasteiger partial charge in [0.2, 0.25) is 0 Å². The molecular weight excluding hydrogens is 358 g/mol. The van der Waals surface area contributed by atoms with E-state index in [2.05, 4.69) is 20.3 Å². The molecule has 0 aliphatic heterocycles. The van der Waals surface area contributed by atoms with Gasteiger partial charge in [0.1, 0.15) is 5.03 Å². The maximum absolute atomic E-state index is 6.36. The highest BCUT2D eigenvalue weighted by Gasteiger charge is 2.36. The van der Waals surface area contributed by atoms with Gasteiger partial charge in [-0.05, 0) is 37.1 Å². The Morgan fingerprint density at radius 2 is 1.88 bits per heavy atom. The molecule has 1 fully saturated rings. The second-order valence-electron chi connectivity index (χ2n) is 6.08. The molecular formula is C17H16ClN5OS. The average molecular weight is 374 g/mol. The zero-order chi connectivity index (χ0) is 17.3. The third-order valence-electron chi connectivity index (χ3n) is 4.28. The molecule has 2 heterocycles. The Morgan fingerprint density at radius 1 is 1.08 bits per heavy atom. The van der Waals surface area contributed by atoms with Crippen molar-refractivity contribution in [2.24, 2.45) is 5.73 Å². The Bertz CT molecular complexity index is 877. The van der Waals surface area contributed by atoms with Crippen molar-refractivity contribution >= 4 is 23.4 Å². The van der Waals surface area contributed by atoms with Crippen LogP contribution in [0.15, 0.2) is 50.8 Å². The van der Waals surface area contributed by atoms with E-state index in [1.807, 2.05) is 30.3 Å². The van der Waals surface area contributed by atoms with E-state index >= 15 is 0 Å². The second kappa shape index (κ2) is 6.74. The first-order valence-corrected chi connectivity index (χ1v) is 9.23. The van der Waals surface area contributed by atoms with Crippen LogP contribution < -0.4 is 5.73 Å². The van der Waals surface area contributed by atoms with Crippen LogP contribution >= 0.6 is 23.4 Å². The molecule has 0 unspecified atom stereocenters. The van der Waals surface area contributed by atoms with Crippen LogP contribution in [0.25, 0.3) is 11.6 Å². The summed E-state index contributed by atoms with van der Waals surface area (Å²) in [4.78, 5) is 5.36. The van der Waals surface area contributed by atoms with Crippen LogP contribution in [0.2, 0.25) is 5.02 Å². The lowest BCUT2D eigenvalue weighted by atomic mass is 9.99. The standard InChI is InChI=1S/C17H16ClN5OS/c18-11-5-1-2-6-13(11)25-14-8-7-12(21-22-14)15-20-16(23-24-15)17(19)9-3-4-10-17/h1-2,5-8H,3-4,9-10,19H2. The van der Waals surface area contributed by atoms with Crippen molar-refractivity contribution in [2.45, 2.75) is 41.1 Å². The molecule has 0 spiro atoms. The van der Waals surface area contributed by atoms with E-state index in [4.69, 9.17) is 21.9 Å². The number of benzene rings is 1. The van der Waals surface area contributed by atoms with Gasteiger partial charge in [-0.3, -0.25) is 0 Å². The molecule has 0 bridgehead atoms. The molecule has 8 heteroatoms. The van der Waals surface area contributed by atoms with Crippen LogP contribution in [-0.4, -0.2) is 20.3 Å². The summed E-state index contributed by atoms with van der Waals surface area (Å²) in [5.41, 5.74) is 6.41. The summed E-state index contributed by atoms with van der Waals surface area (Å²) in [6.45, 7) is 0. The molecule has 0 amide bonds. The maximum atomic E-state index is 6.36. The van der Waals surface area contributed by atoms with E-state index in [1.54, 1.807) is 6.07 Å². The van der Waals surface area contributed by atoms with Gasteiger partial charge < -0.3 is 10.3 Å². The number of hydrogen-bond acceptors (Lipinski definition) is 7. The summed E-state index contributed by atoms with van der Waals surface area (Å²) in [5.74, 6) is 0.893. The van der Waals surface area contributed by atoms with Gasteiger partial charge in [0, 0.05) is 4.90 Å².